The smallest absolute Gasteiger partial charge is 0.235 e. The third-order valence-electron chi connectivity index (χ3n) is 5.18. The van der Waals surface area contributed by atoms with Crippen LogP contribution in [-0.4, -0.2) is 33.0 Å². The summed E-state index contributed by atoms with van der Waals surface area (Å²) in [5, 5.41) is 3.07. The van der Waals surface area contributed by atoms with Crippen LogP contribution in [0, 0.1) is 0 Å². The summed E-state index contributed by atoms with van der Waals surface area (Å²) in [6.45, 7) is 9.67. The maximum atomic E-state index is 13.1. The lowest BCUT2D eigenvalue weighted by atomic mass is 9.63. The van der Waals surface area contributed by atoms with Gasteiger partial charge in [-0.3, -0.25) is 4.79 Å². The van der Waals surface area contributed by atoms with Crippen LogP contribution in [0.1, 0.15) is 56.2 Å². The first-order valence-corrected chi connectivity index (χ1v) is 9.82. The highest BCUT2D eigenvalue weighted by Gasteiger charge is 2.45. The van der Waals surface area contributed by atoms with Crippen molar-refractivity contribution in [3.05, 3.63) is 71.3 Å². The molecule has 1 aliphatic carbocycles. The van der Waals surface area contributed by atoms with Crippen molar-refractivity contribution in [2.75, 3.05) is 20.3 Å². The van der Waals surface area contributed by atoms with Crippen molar-refractivity contribution < 1.29 is 14.3 Å². The van der Waals surface area contributed by atoms with Gasteiger partial charge in [0.05, 0.1) is 5.41 Å². The standard InChI is InChI=1S/C20H23NO.C3H8O.CH2O/c1-3-21-19(22)20(16-9-5-4-6-10-16)14-13-15(2)17-11-7-8-12-18(17)20;1-3-4-2;1-2/h4-12,15H,3,13-14H2,1-2H3,(H,21,22);3H2,1-2H3;1H2/t15-,20+;;/m1../s1. The average Bonchev–Trinajstić information content (AvgIpc) is 2.77. The largest absolute Gasteiger partial charge is 0.385 e. The zero-order valence-corrected chi connectivity index (χ0v) is 17.5. The highest BCUT2D eigenvalue weighted by atomic mass is 16.5. The molecule has 0 saturated carbocycles. The zero-order chi connectivity index (χ0) is 21.0. The quantitative estimate of drug-likeness (QED) is 0.847. The Morgan fingerprint density at radius 3 is 2.25 bits per heavy atom. The van der Waals surface area contributed by atoms with E-state index in [4.69, 9.17) is 4.79 Å². The van der Waals surface area contributed by atoms with E-state index in [9.17, 15) is 4.79 Å². The summed E-state index contributed by atoms with van der Waals surface area (Å²) in [7, 11) is 1.68. The number of carbonyl (C=O) groups excluding carboxylic acids is 2. The van der Waals surface area contributed by atoms with E-state index in [1.165, 1.54) is 11.1 Å². The Morgan fingerprint density at radius 1 is 1.11 bits per heavy atom. The number of benzene rings is 2. The summed E-state index contributed by atoms with van der Waals surface area (Å²) in [6.07, 6.45) is 1.89. The van der Waals surface area contributed by atoms with Crippen LogP contribution >= 0.6 is 0 Å². The van der Waals surface area contributed by atoms with E-state index >= 15 is 0 Å². The molecular weight excluding hydrogens is 350 g/mol. The molecule has 0 radical (unpaired) electrons. The molecule has 0 aliphatic heterocycles. The molecular formula is C24H33NO3. The molecule has 0 spiro atoms. The van der Waals surface area contributed by atoms with Crippen molar-refractivity contribution >= 4 is 12.7 Å². The predicted octanol–water partition coefficient (Wildman–Crippen LogP) is 4.47. The van der Waals surface area contributed by atoms with Crippen LogP contribution in [0.2, 0.25) is 0 Å². The van der Waals surface area contributed by atoms with Gasteiger partial charge < -0.3 is 14.8 Å². The number of methoxy groups -OCH3 is 1. The van der Waals surface area contributed by atoms with Gasteiger partial charge in [0.25, 0.3) is 0 Å². The Balaban J connectivity index is 0.000000583. The number of carbonyl (C=O) groups is 2. The molecule has 0 bridgehead atoms. The van der Waals surface area contributed by atoms with Crippen LogP contribution in [-0.2, 0) is 19.7 Å². The Hall–Kier alpha value is -2.46. The lowest BCUT2D eigenvalue weighted by molar-refractivity contribution is -0.125. The van der Waals surface area contributed by atoms with Gasteiger partial charge in [0, 0.05) is 20.3 Å². The number of amides is 1. The number of nitrogens with one attached hydrogen (secondary N) is 1. The van der Waals surface area contributed by atoms with Gasteiger partial charge in [-0.2, -0.15) is 0 Å². The van der Waals surface area contributed by atoms with E-state index in [1.54, 1.807) is 7.11 Å². The van der Waals surface area contributed by atoms with Crippen molar-refractivity contribution in [3.63, 3.8) is 0 Å². The van der Waals surface area contributed by atoms with Gasteiger partial charge in [-0.05, 0) is 49.3 Å². The number of rotatable bonds is 4. The molecule has 1 aliphatic rings. The van der Waals surface area contributed by atoms with Crippen molar-refractivity contribution in [1.29, 1.82) is 0 Å². The van der Waals surface area contributed by atoms with Gasteiger partial charge in [0.1, 0.15) is 6.79 Å². The molecule has 0 unspecified atom stereocenters. The average molecular weight is 384 g/mol. The molecule has 3 rings (SSSR count). The summed E-state index contributed by atoms with van der Waals surface area (Å²) in [6, 6.07) is 18.7. The minimum atomic E-state index is -0.555. The maximum Gasteiger partial charge on any atom is 0.235 e. The Bertz CT molecular complexity index is 715. The second kappa shape index (κ2) is 12.1. The first-order chi connectivity index (χ1) is 13.6. The Labute approximate surface area is 169 Å². The molecule has 1 amide bonds. The Morgan fingerprint density at radius 2 is 1.68 bits per heavy atom. The highest BCUT2D eigenvalue weighted by Crippen LogP contribution is 2.46. The van der Waals surface area contributed by atoms with E-state index in [2.05, 4.69) is 47.3 Å². The fourth-order valence-corrected chi connectivity index (χ4v) is 3.74. The minimum Gasteiger partial charge on any atom is -0.385 e. The number of likely N-dealkylation sites (N-methyl/N-ethyl adjacent to an activating group) is 1. The summed E-state index contributed by atoms with van der Waals surface area (Å²) >= 11 is 0. The van der Waals surface area contributed by atoms with Crippen molar-refractivity contribution in [2.45, 2.75) is 44.9 Å². The first kappa shape index (κ1) is 23.6. The number of fused-ring (bicyclic) bond motifs is 1. The topological polar surface area (TPSA) is 55.4 Å². The number of ether oxygens (including phenoxy) is 1. The second-order valence-electron chi connectivity index (χ2n) is 6.74. The van der Waals surface area contributed by atoms with Crippen LogP contribution in [0.15, 0.2) is 54.6 Å². The predicted molar refractivity (Wildman–Crippen MR) is 115 cm³/mol. The van der Waals surface area contributed by atoms with Crippen LogP contribution in [0.25, 0.3) is 0 Å². The monoisotopic (exact) mass is 383 g/mol. The van der Waals surface area contributed by atoms with E-state index < -0.39 is 5.41 Å². The molecule has 2 aromatic rings. The molecule has 4 heteroatoms. The molecule has 28 heavy (non-hydrogen) atoms. The summed E-state index contributed by atoms with van der Waals surface area (Å²) in [5.74, 6) is 0.628. The van der Waals surface area contributed by atoms with Crippen molar-refractivity contribution in [1.82, 2.24) is 5.32 Å². The van der Waals surface area contributed by atoms with E-state index in [0.717, 1.165) is 25.0 Å². The number of hydrogen-bond acceptors (Lipinski definition) is 3. The Kier molecular flexibility index (Phi) is 10.2. The van der Waals surface area contributed by atoms with Gasteiger partial charge in [0.15, 0.2) is 0 Å². The fourth-order valence-electron chi connectivity index (χ4n) is 3.74. The van der Waals surface area contributed by atoms with Crippen molar-refractivity contribution in [3.8, 4) is 0 Å². The molecule has 0 aromatic heterocycles. The van der Waals surface area contributed by atoms with Gasteiger partial charge >= 0.3 is 0 Å². The molecule has 2 aromatic carbocycles. The van der Waals surface area contributed by atoms with Gasteiger partial charge in [-0.15, -0.1) is 0 Å². The van der Waals surface area contributed by atoms with Crippen LogP contribution < -0.4 is 5.32 Å². The van der Waals surface area contributed by atoms with Crippen LogP contribution in [0.4, 0.5) is 0 Å². The molecule has 0 fully saturated rings. The molecule has 0 heterocycles. The lowest BCUT2D eigenvalue weighted by Gasteiger charge is -2.40. The van der Waals surface area contributed by atoms with E-state index in [0.29, 0.717) is 12.5 Å². The summed E-state index contributed by atoms with van der Waals surface area (Å²) in [4.78, 5) is 21.1. The molecule has 1 N–H and O–H groups in total. The van der Waals surface area contributed by atoms with Gasteiger partial charge in [0.2, 0.25) is 5.91 Å². The highest BCUT2D eigenvalue weighted by molar-refractivity contribution is 5.93. The third-order valence-corrected chi connectivity index (χ3v) is 5.18. The molecule has 4 nitrogen and oxygen atoms in total. The van der Waals surface area contributed by atoms with Gasteiger partial charge in [-0.25, -0.2) is 0 Å². The maximum absolute atomic E-state index is 13.1. The van der Waals surface area contributed by atoms with Crippen LogP contribution in [0.3, 0.4) is 0 Å². The normalized spacial score (nSPS) is 19.8. The second-order valence-corrected chi connectivity index (χ2v) is 6.74. The van der Waals surface area contributed by atoms with E-state index in [1.807, 2.05) is 44.9 Å². The van der Waals surface area contributed by atoms with Crippen molar-refractivity contribution in [2.24, 2.45) is 0 Å². The fraction of sp³-hybridized carbons (Fsp3) is 0.417. The van der Waals surface area contributed by atoms with E-state index in [-0.39, 0.29) is 5.91 Å². The van der Waals surface area contributed by atoms with Crippen LogP contribution in [0.5, 0.6) is 0 Å². The summed E-state index contributed by atoms with van der Waals surface area (Å²) in [5.41, 5.74) is 3.02. The molecule has 0 saturated heterocycles. The molecule has 2 atom stereocenters. The minimum absolute atomic E-state index is 0.126. The molecule has 152 valence electrons. The SMILES string of the molecule is C=O.CCNC(=O)[C@]1(c2ccccc2)CC[C@@H](C)c2ccccc21.CCOC. The number of hydrogen-bond donors (Lipinski definition) is 1. The lowest BCUT2D eigenvalue weighted by Crippen LogP contribution is -2.47. The van der Waals surface area contributed by atoms with Gasteiger partial charge in [-0.1, -0.05) is 61.5 Å². The first-order valence-electron chi connectivity index (χ1n) is 9.82. The summed E-state index contributed by atoms with van der Waals surface area (Å²) < 4.78 is 4.54. The third kappa shape index (κ3) is 5.08. The zero-order valence-electron chi connectivity index (χ0n) is 17.5.